The lowest BCUT2D eigenvalue weighted by atomic mass is 9.31. The number of esters is 1. The molecule has 0 radical (unpaired) electrons. The summed E-state index contributed by atoms with van der Waals surface area (Å²) in [5, 5.41) is 9.50. The molecule has 1 N–H and O–H groups in total. The highest BCUT2D eigenvalue weighted by Gasteiger charge is 2.73. The van der Waals surface area contributed by atoms with Crippen molar-refractivity contribution in [2.75, 3.05) is 6.61 Å². The van der Waals surface area contributed by atoms with Crippen molar-refractivity contribution >= 4 is 5.97 Å². The average molecular weight is 673 g/mol. The fourth-order valence-corrected chi connectivity index (χ4v) is 13.3. The van der Waals surface area contributed by atoms with Crippen LogP contribution in [0.1, 0.15) is 118 Å². The van der Waals surface area contributed by atoms with Gasteiger partial charge in [-0.1, -0.05) is 48.5 Å². The summed E-state index contributed by atoms with van der Waals surface area (Å²) >= 11 is 0. The lowest BCUT2D eigenvalue weighted by molar-refractivity contribution is -0.686. The summed E-state index contributed by atoms with van der Waals surface area (Å²) in [5.74, 6) is 2.62. The Bertz CT molecular complexity index is 1280. The molecule has 44 heavy (non-hydrogen) atoms. The number of ether oxygens (including phenoxy) is 2. The van der Waals surface area contributed by atoms with Gasteiger partial charge in [0.15, 0.2) is 12.4 Å². The summed E-state index contributed by atoms with van der Waals surface area (Å²) in [4.78, 5) is 13.2. The third kappa shape index (κ3) is 4.49. The number of carbonyl (C=O) groups is 1. The molecule has 1 saturated heterocycles. The Morgan fingerprint density at radius 3 is 2.43 bits per heavy atom. The Morgan fingerprint density at radius 1 is 0.932 bits per heavy atom. The molecule has 2 bridgehead atoms. The number of hydrogen-bond acceptors (Lipinski definition) is 4. The van der Waals surface area contributed by atoms with Crippen molar-refractivity contribution in [2.45, 2.75) is 138 Å². The molecule has 6 aliphatic rings. The highest BCUT2D eigenvalue weighted by atomic mass is 79.9. The minimum atomic E-state index is -0.168. The molecule has 6 heteroatoms. The molecule has 0 spiro atoms. The number of pyridine rings is 1. The first-order valence-electron chi connectivity index (χ1n) is 17.6. The van der Waals surface area contributed by atoms with Gasteiger partial charge in [-0.25, -0.2) is 4.79 Å². The normalized spacial score (nSPS) is 46.4. The van der Waals surface area contributed by atoms with E-state index in [1.807, 2.05) is 29.1 Å². The van der Waals surface area contributed by atoms with Gasteiger partial charge in [-0.3, -0.25) is 0 Å². The number of nitrogens with zero attached hydrogens (tertiary/aromatic N) is 1. The number of fused-ring (bicyclic) bond motifs is 5. The van der Waals surface area contributed by atoms with Crippen LogP contribution in [0.3, 0.4) is 0 Å². The molecule has 5 saturated carbocycles. The number of aliphatic hydroxyl groups is 1. The van der Waals surface area contributed by atoms with Crippen LogP contribution >= 0.6 is 0 Å². The van der Waals surface area contributed by atoms with Gasteiger partial charge in [-0.15, -0.1) is 0 Å². The van der Waals surface area contributed by atoms with E-state index < -0.39 is 0 Å². The second-order valence-electron chi connectivity index (χ2n) is 18.2. The topological polar surface area (TPSA) is 59.6 Å². The summed E-state index contributed by atoms with van der Waals surface area (Å²) in [6.45, 7) is 19.0. The highest BCUT2D eigenvalue weighted by Crippen LogP contribution is 2.78. The first-order chi connectivity index (χ1) is 20.2. The van der Waals surface area contributed by atoms with Crippen molar-refractivity contribution in [1.29, 1.82) is 0 Å². The molecule has 5 nitrogen and oxygen atoms in total. The Hall–Kier alpha value is -0.980. The zero-order valence-electron chi connectivity index (χ0n) is 28.5. The predicted molar refractivity (Wildman–Crippen MR) is 167 cm³/mol. The Morgan fingerprint density at radius 2 is 1.68 bits per heavy atom. The molecule has 0 aromatic carbocycles. The standard InChI is InChI=1S/C38H58NO4.BrH/c1-33(2)16-18-38-19-17-36(6)26(31(38)32(33)42-24-38)10-11-28-35(5)14-13-29(34(3,4)27(35)12-15-37(28,36)7)43-30(41)22-39-20-8-9-25(21-39)23-40;/h8-9,20-21,26-29,31-32,40H,10-19,22-24H2,1-7H3;1H/q+1;/p-1/t26?,27?,28?,29-,31?,32+,35-,36+,37+,38+;/m0./s1. The second kappa shape index (κ2) is 10.8. The van der Waals surface area contributed by atoms with Crippen LogP contribution < -0.4 is 21.5 Å². The molecule has 1 aromatic heterocycles. The molecule has 2 heterocycles. The summed E-state index contributed by atoms with van der Waals surface area (Å²) in [5.41, 5.74) is 2.46. The Balaban J connectivity index is 0.00000343. The number of rotatable bonds is 4. The van der Waals surface area contributed by atoms with Crippen LogP contribution in [0.5, 0.6) is 0 Å². The van der Waals surface area contributed by atoms with Crippen LogP contribution in [-0.4, -0.2) is 29.9 Å². The third-order valence-electron chi connectivity index (χ3n) is 15.8. The monoisotopic (exact) mass is 671 g/mol. The second-order valence-corrected chi connectivity index (χ2v) is 18.2. The van der Waals surface area contributed by atoms with E-state index in [0.29, 0.717) is 33.7 Å². The van der Waals surface area contributed by atoms with Gasteiger partial charge in [0.05, 0.1) is 19.3 Å². The molecule has 1 aromatic rings. The third-order valence-corrected chi connectivity index (χ3v) is 15.8. The summed E-state index contributed by atoms with van der Waals surface area (Å²) in [6.07, 6.45) is 16.9. The molecular weight excluding hydrogens is 614 g/mol. The van der Waals surface area contributed by atoms with Crippen LogP contribution in [0.2, 0.25) is 0 Å². The lowest BCUT2D eigenvalue weighted by Crippen LogP contribution is -3.00. The fraction of sp³-hybridized carbons (Fsp3) is 0.842. The maximum Gasteiger partial charge on any atom is 0.372 e. The van der Waals surface area contributed by atoms with Crippen molar-refractivity contribution < 1.29 is 40.9 Å². The largest absolute Gasteiger partial charge is 1.00 e. The number of carbonyl (C=O) groups excluding carboxylic acids is 1. The van der Waals surface area contributed by atoms with E-state index in [-0.39, 0.29) is 53.0 Å². The van der Waals surface area contributed by atoms with Gasteiger partial charge in [0.1, 0.15) is 6.10 Å². The van der Waals surface area contributed by atoms with Gasteiger partial charge in [0.25, 0.3) is 0 Å². The van der Waals surface area contributed by atoms with Crippen molar-refractivity contribution in [3.8, 4) is 0 Å². The van der Waals surface area contributed by atoms with E-state index in [9.17, 15) is 9.90 Å². The molecule has 4 unspecified atom stereocenters. The number of hydrogen-bond donors (Lipinski definition) is 1. The molecule has 246 valence electrons. The highest BCUT2D eigenvalue weighted by molar-refractivity contribution is 5.68. The van der Waals surface area contributed by atoms with Crippen molar-refractivity contribution in [3.63, 3.8) is 0 Å². The fourth-order valence-electron chi connectivity index (χ4n) is 13.3. The molecule has 6 fully saturated rings. The smallest absolute Gasteiger partial charge is 0.372 e. The van der Waals surface area contributed by atoms with Crippen molar-refractivity contribution in [3.05, 3.63) is 30.1 Å². The lowest BCUT2D eigenvalue weighted by Gasteiger charge is -2.73. The van der Waals surface area contributed by atoms with E-state index in [1.54, 1.807) is 0 Å². The summed E-state index contributed by atoms with van der Waals surface area (Å²) in [7, 11) is 0. The van der Waals surface area contributed by atoms with Gasteiger partial charge < -0.3 is 31.6 Å². The van der Waals surface area contributed by atoms with Crippen LogP contribution in [0.15, 0.2) is 24.5 Å². The van der Waals surface area contributed by atoms with Gasteiger partial charge in [-0.2, -0.15) is 4.57 Å². The molecule has 0 amide bonds. The molecule has 1 aliphatic heterocycles. The molecular formula is C38H58BrNO4. The first kappa shape index (κ1) is 32.9. The Kier molecular flexibility index (Phi) is 8.06. The van der Waals surface area contributed by atoms with Crippen molar-refractivity contribution in [1.82, 2.24) is 0 Å². The van der Waals surface area contributed by atoms with Gasteiger partial charge in [-0.05, 0) is 121 Å². The quantitative estimate of drug-likeness (QED) is 0.384. The van der Waals surface area contributed by atoms with E-state index in [0.717, 1.165) is 42.8 Å². The number of halogens is 1. The van der Waals surface area contributed by atoms with E-state index in [1.165, 1.54) is 51.4 Å². The minimum Gasteiger partial charge on any atom is -1.00 e. The van der Waals surface area contributed by atoms with Crippen LogP contribution in [0.4, 0.5) is 0 Å². The minimum absolute atomic E-state index is 0. The zero-order chi connectivity index (χ0) is 30.6. The van der Waals surface area contributed by atoms with Gasteiger partial charge >= 0.3 is 5.97 Å². The van der Waals surface area contributed by atoms with E-state index >= 15 is 0 Å². The van der Waals surface area contributed by atoms with E-state index in [2.05, 4.69) is 48.5 Å². The maximum absolute atomic E-state index is 13.2. The van der Waals surface area contributed by atoms with Crippen LogP contribution in [-0.2, 0) is 27.4 Å². The molecule has 10 atom stereocenters. The maximum atomic E-state index is 13.2. The summed E-state index contributed by atoms with van der Waals surface area (Å²) < 4.78 is 14.9. The number of aliphatic hydroxyl groups excluding tert-OH is 1. The molecule has 5 aliphatic carbocycles. The number of aromatic nitrogens is 1. The van der Waals surface area contributed by atoms with Crippen LogP contribution in [0, 0.1) is 56.2 Å². The average Bonchev–Trinajstić information content (AvgIpc) is 3.29. The predicted octanol–water partition coefficient (Wildman–Crippen LogP) is 4.27. The summed E-state index contributed by atoms with van der Waals surface area (Å²) in [6, 6.07) is 3.75. The Labute approximate surface area is 277 Å². The SMILES string of the molecule is CC1(C)CC[C@]23CC[C@]4(C)C(CCC5[C@@]6(C)CC[C@H](OC(=O)C[n+]7cccc(CO)c7)C(C)(C)C6CC[C@]54C)C2[C@H]1OC3.[Br-]. The van der Waals surface area contributed by atoms with E-state index in [4.69, 9.17) is 9.47 Å². The molecule has 7 rings (SSSR count). The first-order valence-corrected chi connectivity index (χ1v) is 17.6. The van der Waals surface area contributed by atoms with Crippen LogP contribution in [0.25, 0.3) is 0 Å². The van der Waals surface area contributed by atoms with Gasteiger partial charge in [0, 0.05) is 17.0 Å². The van der Waals surface area contributed by atoms with Crippen molar-refractivity contribution in [2.24, 2.45) is 56.2 Å². The zero-order valence-corrected chi connectivity index (χ0v) is 30.0. The van der Waals surface area contributed by atoms with Gasteiger partial charge in [0.2, 0.25) is 6.54 Å².